The first-order chi connectivity index (χ1) is 13.3. The standard InChI is InChI=1S/C20H26N4O3/c1-2-16-17(26-13-25-16)11-14(1)19-23-18(24-27-19)12-22-15-3-5-20(6-4-15)7-9-21-10-8-20/h1-2,11,15,21-22H,3-10,12-13H2. The summed E-state index contributed by atoms with van der Waals surface area (Å²) in [6.07, 6.45) is 7.83. The zero-order chi connectivity index (χ0) is 18.1. The average molecular weight is 370 g/mol. The number of rotatable bonds is 4. The summed E-state index contributed by atoms with van der Waals surface area (Å²) in [7, 11) is 0. The lowest BCUT2D eigenvalue weighted by molar-refractivity contribution is 0.115. The molecule has 2 aliphatic heterocycles. The second-order valence-corrected chi connectivity index (χ2v) is 7.99. The summed E-state index contributed by atoms with van der Waals surface area (Å²) < 4.78 is 16.2. The van der Waals surface area contributed by atoms with Crippen LogP contribution in [0.25, 0.3) is 11.5 Å². The number of piperidine rings is 1. The number of ether oxygens (including phenoxy) is 2. The molecule has 1 saturated carbocycles. The monoisotopic (exact) mass is 370 g/mol. The lowest BCUT2D eigenvalue weighted by Gasteiger charge is -2.43. The maximum Gasteiger partial charge on any atom is 0.258 e. The quantitative estimate of drug-likeness (QED) is 0.856. The molecule has 1 spiro atoms. The van der Waals surface area contributed by atoms with Crippen LogP contribution in [0.3, 0.4) is 0 Å². The predicted molar refractivity (Wildman–Crippen MR) is 99.5 cm³/mol. The van der Waals surface area contributed by atoms with Crippen molar-refractivity contribution >= 4 is 0 Å². The number of fused-ring (bicyclic) bond motifs is 1. The Kier molecular flexibility index (Phi) is 4.49. The van der Waals surface area contributed by atoms with Gasteiger partial charge in [-0.15, -0.1) is 0 Å². The van der Waals surface area contributed by atoms with Crippen LogP contribution in [0.4, 0.5) is 0 Å². The van der Waals surface area contributed by atoms with Gasteiger partial charge in [0.1, 0.15) is 0 Å². The Labute approximate surface area is 158 Å². The number of aromatic nitrogens is 2. The molecule has 7 heteroatoms. The fourth-order valence-electron chi connectivity index (χ4n) is 4.60. The molecule has 5 rings (SSSR count). The van der Waals surface area contributed by atoms with Gasteiger partial charge in [0.05, 0.1) is 6.54 Å². The first-order valence-corrected chi connectivity index (χ1v) is 9.96. The molecular weight excluding hydrogens is 344 g/mol. The molecule has 2 fully saturated rings. The van der Waals surface area contributed by atoms with Crippen LogP contribution in [0.15, 0.2) is 22.7 Å². The smallest absolute Gasteiger partial charge is 0.258 e. The minimum absolute atomic E-state index is 0.261. The van der Waals surface area contributed by atoms with Crippen LogP contribution in [0.1, 0.15) is 44.3 Å². The van der Waals surface area contributed by atoms with E-state index in [2.05, 4.69) is 20.8 Å². The maximum absolute atomic E-state index is 5.44. The highest BCUT2D eigenvalue weighted by Gasteiger charge is 2.36. The number of nitrogens with zero attached hydrogens (tertiary/aromatic N) is 2. The third-order valence-electron chi connectivity index (χ3n) is 6.35. The summed E-state index contributed by atoms with van der Waals surface area (Å²) in [4.78, 5) is 4.53. The molecule has 27 heavy (non-hydrogen) atoms. The fourth-order valence-corrected chi connectivity index (χ4v) is 4.60. The molecule has 2 N–H and O–H groups in total. The van der Waals surface area contributed by atoms with E-state index >= 15 is 0 Å². The molecule has 2 aromatic rings. The fraction of sp³-hybridized carbons (Fsp3) is 0.600. The van der Waals surface area contributed by atoms with E-state index in [9.17, 15) is 0 Å². The summed E-state index contributed by atoms with van der Waals surface area (Å²) in [6.45, 7) is 3.28. The van der Waals surface area contributed by atoms with Gasteiger partial charge in [0, 0.05) is 11.6 Å². The van der Waals surface area contributed by atoms with Crippen molar-refractivity contribution in [1.82, 2.24) is 20.8 Å². The van der Waals surface area contributed by atoms with E-state index in [4.69, 9.17) is 14.0 Å². The molecule has 1 aliphatic carbocycles. The zero-order valence-electron chi connectivity index (χ0n) is 15.5. The van der Waals surface area contributed by atoms with Crippen molar-refractivity contribution in [3.8, 4) is 23.0 Å². The average Bonchev–Trinajstić information content (AvgIpc) is 3.37. The number of benzene rings is 1. The van der Waals surface area contributed by atoms with Gasteiger partial charge in [-0.1, -0.05) is 5.16 Å². The molecule has 1 aromatic carbocycles. The van der Waals surface area contributed by atoms with Crippen LogP contribution in [0.2, 0.25) is 0 Å². The largest absolute Gasteiger partial charge is 0.454 e. The van der Waals surface area contributed by atoms with Gasteiger partial charge in [-0.3, -0.25) is 0 Å². The third kappa shape index (κ3) is 3.53. The number of nitrogens with one attached hydrogen (secondary N) is 2. The summed E-state index contributed by atoms with van der Waals surface area (Å²) in [6, 6.07) is 6.22. The van der Waals surface area contributed by atoms with Crippen LogP contribution in [-0.4, -0.2) is 36.1 Å². The Balaban J connectivity index is 1.16. The SMILES string of the molecule is c1cc2c(cc1-c1nc(CNC3CCC4(CCNCC4)CC3)no1)OCO2. The second-order valence-electron chi connectivity index (χ2n) is 7.99. The van der Waals surface area contributed by atoms with Gasteiger partial charge in [0.15, 0.2) is 17.3 Å². The Hall–Kier alpha value is -2.12. The molecule has 0 unspecified atom stereocenters. The second kappa shape index (κ2) is 7.13. The van der Waals surface area contributed by atoms with Crippen LogP contribution >= 0.6 is 0 Å². The number of hydrogen-bond donors (Lipinski definition) is 2. The van der Waals surface area contributed by atoms with E-state index in [0.29, 0.717) is 29.7 Å². The van der Waals surface area contributed by atoms with E-state index in [-0.39, 0.29) is 6.79 Å². The van der Waals surface area contributed by atoms with Crippen LogP contribution in [0, 0.1) is 5.41 Å². The predicted octanol–water partition coefficient (Wildman–Crippen LogP) is 2.87. The van der Waals surface area contributed by atoms with Crippen molar-refractivity contribution < 1.29 is 14.0 Å². The van der Waals surface area contributed by atoms with Crippen molar-refractivity contribution in [2.24, 2.45) is 5.41 Å². The van der Waals surface area contributed by atoms with E-state index < -0.39 is 0 Å². The van der Waals surface area contributed by atoms with E-state index in [1.165, 1.54) is 51.6 Å². The maximum atomic E-state index is 5.44. The molecule has 1 saturated heterocycles. The molecule has 1 aromatic heterocycles. The zero-order valence-corrected chi connectivity index (χ0v) is 15.5. The highest BCUT2D eigenvalue weighted by Crippen LogP contribution is 2.43. The molecule has 144 valence electrons. The van der Waals surface area contributed by atoms with Crippen molar-refractivity contribution in [2.75, 3.05) is 19.9 Å². The van der Waals surface area contributed by atoms with Gasteiger partial charge >= 0.3 is 0 Å². The highest BCUT2D eigenvalue weighted by molar-refractivity contribution is 5.60. The molecule has 0 amide bonds. The minimum Gasteiger partial charge on any atom is -0.454 e. The number of hydrogen-bond acceptors (Lipinski definition) is 7. The first kappa shape index (κ1) is 17.0. The molecule has 7 nitrogen and oxygen atoms in total. The van der Waals surface area contributed by atoms with Crippen LogP contribution in [-0.2, 0) is 6.54 Å². The lowest BCUT2D eigenvalue weighted by atomic mass is 9.67. The summed E-state index contributed by atoms with van der Waals surface area (Å²) in [5.74, 6) is 2.69. The van der Waals surface area contributed by atoms with Crippen molar-refractivity contribution in [1.29, 1.82) is 0 Å². The van der Waals surface area contributed by atoms with Crippen LogP contribution in [0.5, 0.6) is 11.5 Å². The van der Waals surface area contributed by atoms with Crippen molar-refractivity contribution in [2.45, 2.75) is 51.1 Å². The highest BCUT2D eigenvalue weighted by atomic mass is 16.7. The Morgan fingerprint density at radius 2 is 1.89 bits per heavy atom. The normalized spacial score (nSPS) is 21.6. The van der Waals surface area contributed by atoms with E-state index in [1.54, 1.807) is 0 Å². The molecular formula is C20H26N4O3. The van der Waals surface area contributed by atoms with Gasteiger partial charge in [0.2, 0.25) is 6.79 Å². The van der Waals surface area contributed by atoms with E-state index in [1.807, 2.05) is 18.2 Å². The molecule has 3 heterocycles. The van der Waals surface area contributed by atoms with Crippen molar-refractivity contribution in [3.05, 3.63) is 24.0 Å². The van der Waals surface area contributed by atoms with E-state index in [0.717, 1.165) is 17.1 Å². The summed E-state index contributed by atoms with van der Waals surface area (Å²) >= 11 is 0. The minimum atomic E-state index is 0.261. The summed E-state index contributed by atoms with van der Waals surface area (Å²) in [5, 5.41) is 11.2. The molecule has 3 aliphatic rings. The van der Waals surface area contributed by atoms with Gasteiger partial charge in [0.25, 0.3) is 5.89 Å². The topological polar surface area (TPSA) is 81.4 Å². The van der Waals surface area contributed by atoms with Gasteiger partial charge < -0.3 is 24.6 Å². The first-order valence-electron chi connectivity index (χ1n) is 9.96. The lowest BCUT2D eigenvalue weighted by Crippen LogP contribution is -2.43. The Morgan fingerprint density at radius 3 is 2.74 bits per heavy atom. The third-order valence-corrected chi connectivity index (χ3v) is 6.35. The molecule has 0 radical (unpaired) electrons. The van der Waals surface area contributed by atoms with Gasteiger partial charge in [-0.05, 0) is 75.2 Å². The molecule has 0 bridgehead atoms. The van der Waals surface area contributed by atoms with Gasteiger partial charge in [-0.2, -0.15) is 4.98 Å². The Morgan fingerprint density at radius 1 is 1.07 bits per heavy atom. The van der Waals surface area contributed by atoms with Crippen molar-refractivity contribution in [3.63, 3.8) is 0 Å². The Bertz CT molecular complexity index is 790. The van der Waals surface area contributed by atoms with Crippen LogP contribution < -0.4 is 20.1 Å². The van der Waals surface area contributed by atoms with Gasteiger partial charge in [-0.25, -0.2) is 0 Å². The summed E-state index contributed by atoms with van der Waals surface area (Å²) in [5.41, 5.74) is 1.45. The molecule has 0 atom stereocenters.